The van der Waals surface area contributed by atoms with E-state index in [9.17, 15) is 0 Å². The lowest BCUT2D eigenvalue weighted by Crippen LogP contribution is -2.45. The lowest BCUT2D eigenvalue weighted by atomic mass is 10.4. The van der Waals surface area contributed by atoms with E-state index in [-0.39, 0.29) is 74.3 Å². The molecule has 0 saturated heterocycles. The maximum Gasteiger partial charge on any atom is 0.0859 e. The number of hydrogen-bond donors (Lipinski definition) is 0. The minimum absolute atomic E-state index is 0. The largest absolute Gasteiger partial charge is 0.0859 e. The molecule has 0 unspecified atom stereocenters. The van der Waals surface area contributed by atoms with E-state index in [1.54, 1.807) is 5.19 Å². The van der Waals surface area contributed by atoms with Gasteiger partial charge >= 0.3 is 0 Å². The van der Waals surface area contributed by atoms with Gasteiger partial charge in [-0.2, -0.15) is 0 Å². The first kappa shape index (κ1) is 77.6. The summed E-state index contributed by atoms with van der Waals surface area (Å²) < 4.78 is 0. The molecule has 0 radical (unpaired) electrons. The molecule has 0 aliphatic rings. The third-order valence-corrected chi connectivity index (χ3v) is 25.7. The van der Waals surface area contributed by atoms with Crippen molar-refractivity contribution in [3.63, 3.8) is 0 Å². The van der Waals surface area contributed by atoms with Crippen LogP contribution in [-0.4, -0.2) is 24.2 Å². The van der Waals surface area contributed by atoms with Crippen LogP contribution in [0.1, 0.15) is 144 Å². The van der Waals surface area contributed by atoms with E-state index in [1.165, 1.54) is 60.4 Å². The molecule has 0 fully saturated rings. The topological polar surface area (TPSA) is 0 Å². The summed E-state index contributed by atoms with van der Waals surface area (Å²) in [7, 11) is -2.46. The van der Waals surface area contributed by atoms with E-state index >= 15 is 0 Å². The molecule has 0 amide bonds. The van der Waals surface area contributed by atoms with Crippen LogP contribution in [0.25, 0.3) is 0 Å². The quantitative estimate of drug-likeness (QED) is 0.214. The molecule has 0 spiro atoms. The van der Waals surface area contributed by atoms with Crippen molar-refractivity contribution in [3.05, 3.63) is 30.3 Å². The van der Waals surface area contributed by atoms with Gasteiger partial charge in [-0.1, -0.05) is 246 Å². The van der Waals surface area contributed by atoms with Crippen LogP contribution in [0.4, 0.5) is 0 Å². The van der Waals surface area contributed by atoms with Crippen LogP contribution < -0.4 is 5.19 Å². The van der Waals surface area contributed by atoms with Crippen molar-refractivity contribution in [1.82, 2.24) is 0 Å². The smallest absolute Gasteiger partial charge is 0.0776 e. The van der Waals surface area contributed by atoms with Crippen molar-refractivity contribution in [3.8, 4) is 0 Å². The standard InChI is InChI=1S/C12H20Si.C8H20Si.C7H18Si.10CH4/c1-4-13(5-2,6-3)12-10-8-7-9-11-12;1-5-9(6-2,7-3)8-4;1-5-8(4,6-2)7-3;;;;;;;;;;/h7-11H,4-6H2,1-3H3;5-8H2,1-4H3;5-7H2,1-4H3;10*1H4. The molecule has 0 bridgehead atoms. The highest BCUT2D eigenvalue weighted by molar-refractivity contribution is 6.91. The highest BCUT2D eigenvalue weighted by atomic mass is 28.3. The average molecular weight is 627 g/mol. The lowest BCUT2D eigenvalue weighted by molar-refractivity contribution is 1.11. The second kappa shape index (κ2) is 43.3. The monoisotopic (exact) mass is 627 g/mol. The summed E-state index contributed by atoms with van der Waals surface area (Å²) in [4.78, 5) is 0. The second-order valence-electron chi connectivity index (χ2n) is 9.49. The molecule has 258 valence electrons. The van der Waals surface area contributed by atoms with Crippen LogP contribution in [0.3, 0.4) is 0 Å². The van der Waals surface area contributed by atoms with Gasteiger partial charge in [0.05, 0.1) is 16.1 Å². The van der Waals surface area contributed by atoms with E-state index in [0.29, 0.717) is 0 Å². The van der Waals surface area contributed by atoms with E-state index in [0.717, 1.165) is 0 Å². The minimum Gasteiger partial charge on any atom is -0.0776 e. The summed E-state index contributed by atoms with van der Waals surface area (Å²) in [6, 6.07) is 25.6. The first-order chi connectivity index (χ1) is 14.2. The summed E-state index contributed by atoms with van der Waals surface area (Å²) in [5.74, 6) is 0. The average Bonchev–Trinajstić information content (AvgIpc) is 2.83. The highest BCUT2D eigenvalue weighted by Gasteiger charge is 2.28. The van der Waals surface area contributed by atoms with Gasteiger partial charge in [0.1, 0.15) is 0 Å². The van der Waals surface area contributed by atoms with Crippen molar-refractivity contribution in [2.45, 2.75) is 210 Å². The summed E-state index contributed by atoms with van der Waals surface area (Å²) in [5, 5.41) is 1.64. The Kier molecular flexibility index (Phi) is 84.0. The van der Waals surface area contributed by atoms with Gasteiger partial charge in [-0.25, -0.2) is 0 Å². The Labute approximate surface area is 269 Å². The van der Waals surface area contributed by atoms with Gasteiger partial charge in [-0.15, -0.1) is 0 Å². The molecule has 3 heteroatoms. The van der Waals surface area contributed by atoms with Gasteiger partial charge in [0, 0.05) is 8.07 Å². The molecule has 0 aliphatic carbocycles. The SMILES string of the molecule is C.C.C.C.C.C.C.C.C.C.CC[Si](C)(CC)CC.CC[Si](CC)(CC)CC.CC[Si](CC)(CC)c1ccccc1. The van der Waals surface area contributed by atoms with Crippen molar-refractivity contribution in [1.29, 1.82) is 0 Å². The fraction of sp³-hybridized carbons (Fsp3) is 0.838. The zero-order chi connectivity index (χ0) is 23.7. The maximum absolute atomic E-state index is 2.49. The molecule has 0 heterocycles. The van der Waals surface area contributed by atoms with E-state index in [1.807, 2.05) is 0 Å². The zero-order valence-electron chi connectivity index (χ0n) is 23.0. The van der Waals surface area contributed by atoms with Gasteiger partial charge in [0.25, 0.3) is 0 Å². The summed E-state index contributed by atoms with van der Waals surface area (Å²) >= 11 is 0. The van der Waals surface area contributed by atoms with Crippen molar-refractivity contribution < 1.29 is 0 Å². The first-order valence-corrected chi connectivity index (χ1v) is 21.8. The van der Waals surface area contributed by atoms with Crippen molar-refractivity contribution in [2.75, 3.05) is 0 Å². The van der Waals surface area contributed by atoms with Crippen LogP contribution in [0, 0.1) is 0 Å². The van der Waals surface area contributed by atoms with Crippen molar-refractivity contribution >= 4 is 29.4 Å². The van der Waals surface area contributed by atoms with Gasteiger partial charge < -0.3 is 0 Å². The van der Waals surface area contributed by atoms with Crippen LogP contribution >= 0.6 is 0 Å². The molecule has 1 aromatic rings. The Morgan fingerprint density at radius 2 is 0.625 bits per heavy atom. The molecule has 0 nitrogen and oxygen atoms in total. The summed E-state index contributed by atoms with van der Waals surface area (Å²) in [5.41, 5.74) is 0. The Balaban J connectivity index is -0.0000000268. The highest BCUT2D eigenvalue weighted by Crippen LogP contribution is 2.24. The first-order valence-electron chi connectivity index (χ1n) is 13.3. The third kappa shape index (κ3) is 26.7. The van der Waals surface area contributed by atoms with Gasteiger partial charge in [-0.3, -0.25) is 0 Å². The normalized spacial score (nSPS) is 8.88. The fourth-order valence-corrected chi connectivity index (χ4v) is 12.5. The molecule has 40 heavy (non-hydrogen) atoms. The molecule has 0 saturated carbocycles. The molecule has 1 rings (SSSR count). The molecule has 0 aliphatic heterocycles. The minimum atomic E-state index is -1.09. The van der Waals surface area contributed by atoms with Crippen LogP contribution in [-0.2, 0) is 0 Å². The van der Waals surface area contributed by atoms with E-state index < -0.39 is 24.2 Å². The molecular weight excluding hydrogens is 529 g/mol. The Hall–Kier alpha value is -0.129. The van der Waals surface area contributed by atoms with Gasteiger partial charge in [0.2, 0.25) is 0 Å². The maximum atomic E-state index is 2.49. The van der Waals surface area contributed by atoms with Crippen LogP contribution in [0.2, 0.25) is 67.0 Å². The molecule has 1 aromatic carbocycles. The van der Waals surface area contributed by atoms with Crippen LogP contribution in [0.15, 0.2) is 30.3 Å². The van der Waals surface area contributed by atoms with E-state index in [4.69, 9.17) is 0 Å². The van der Waals surface area contributed by atoms with Crippen molar-refractivity contribution in [2.24, 2.45) is 0 Å². The van der Waals surface area contributed by atoms with E-state index in [2.05, 4.69) is 106 Å². The van der Waals surface area contributed by atoms with Gasteiger partial charge in [-0.05, 0) is 0 Å². The van der Waals surface area contributed by atoms with Gasteiger partial charge in [0.15, 0.2) is 0 Å². The third-order valence-electron chi connectivity index (χ3n) is 8.98. The Morgan fingerprint density at radius 1 is 0.375 bits per heavy atom. The number of rotatable bonds is 11. The van der Waals surface area contributed by atoms with Crippen LogP contribution in [0.5, 0.6) is 0 Å². The molecular formula is C37H98Si3. The predicted molar refractivity (Wildman–Crippen MR) is 221 cm³/mol. The molecule has 0 aromatic heterocycles. The summed E-state index contributed by atoms with van der Waals surface area (Å²) in [6.45, 7) is 26.0. The fourth-order valence-electron chi connectivity index (χ4n) is 4.40. The molecule has 0 atom stereocenters. The number of benzene rings is 1. The summed E-state index contributed by atoms with van der Waals surface area (Å²) in [6.07, 6.45) is 0. The Morgan fingerprint density at radius 3 is 0.750 bits per heavy atom. The number of hydrogen-bond acceptors (Lipinski definition) is 0. The Bertz CT molecular complexity index is 453. The predicted octanol–water partition coefficient (Wildman–Crippen LogP) is 16.4. The lowest BCUT2D eigenvalue weighted by Gasteiger charge is -2.28. The second-order valence-corrected chi connectivity index (χ2v) is 26.3. The zero-order valence-corrected chi connectivity index (χ0v) is 26.0. The molecule has 0 N–H and O–H groups in total.